The van der Waals surface area contributed by atoms with Gasteiger partial charge in [0.05, 0.1) is 10.9 Å². The summed E-state index contributed by atoms with van der Waals surface area (Å²) in [4.78, 5) is 13.6. The van der Waals surface area contributed by atoms with Crippen LogP contribution in [0.4, 0.5) is 11.4 Å². The number of nitrogens with one attached hydrogen (secondary N) is 2. The van der Waals surface area contributed by atoms with Crippen LogP contribution < -0.4 is 10.6 Å². The summed E-state index contributed by atoms with van der Waals surface area (Å²) in [5, 5.41) is 6.84. The summed E-state index contributed by atoms with van der Waals surface area (Å²) in [6, 6.07) is 23.8. The Hall–Kier alpha value is -3.16. The normalized spacial score (nSPS) is 27.8. The van der Waals surface area contributed by atoms with Crippen molar-refractivity contribution in [2.45, 2.75) is 61.8 Å². The zero-order chi connectivity index (χ0) is 27.3. The molecule has 6 nitrogen and oxygen atoms in total. The van der Waals surface area contributed by atoms with E-state index in [0.29, 0.717) is 48.1 Å². The van der Waals surface area contributed by atoms with Crippen LogP contribution in [0, 0.1) is 17.8 Å². The Morgan fingerprint density at radius 2 is 1.57 bits per heavy atom. The summed E-state index contributed by atoms with van der Waals surface area (Å²) in [5.41, 5.74) is 5.00. The van der Waals surface area contributed by atoms with Crippen molar-refractivity contribution < 1.29 is 13.2 Å². The number of carbonyl (C=O) groups is 1. The Balaban J connectivity index is 1.11. The zero-order valence-electron chi connectivity index (χ0n) is 22.8. The first-order valence-electron chi connectivity index (χ1n) is 14.9. The lowest BCUT2D eigenvalue weighted by Crippen LogP contribution is -2.35. The number of amides is 1. The van der Waals surface area contributed by atoms with Crippen molar-refractivity contribution in [3.05, 3.63) is 89.5 Å². The zero-order valence-corrected chi connectivity index (χ0v) is 23.6. The van der Waals surface area contributed by atoms with Crippen LogP contribution in [0.25, 0.3) is 0 Å². The van der Waals surface area contributed by atoms with Crippen LogP contribution >= 0.6 is 0 Å². The lowest BCUT2D eigenvalue weighted by molar-refractivity contribution is 0.102. The highest BCUT2D eigenvalue weighted by atomic mass is 32.2. The SMILES string of the molecule is O=C(Nc1ccc(S(=O)(=O)N2CCCCCC2)cc1)c1ccc2c(c1)[C@@H]1[C@H]3CC[C@@H](C3)[C@H]1[C@@H](c1ccccc1)N2. The molecule has 3 aromatic carbocycles. The minimum atomic E-state index is -3.52. The van der Waals surface area contributed by atoms with Gasteiger partial charge in [0.25, 0.3) is 5.91 Å². The molecule has 1 saturated heterocycles. The van der Waals surface area contributed by atoms with E-state index in [9.17, 15) is 13.2 Å². The molecule has 1 amide bonds. The van der Waals surface area contributed by atoms with Crippen molar-refractivity contribution in [2.24, 2.45) is 17.8 Å². The van der Waals surface area contributed by atoms with Crippen LogP contribution in [0.3, 0.4) is 0 Å². The van der Waals surface area contributed by atoms with E-state index in [1.807, 2.05) is 6.07 Å². The fourth-order valence-electron chi connectivity index (χ4n) is 7.96. The molecule has 2 heterocycles. The third kappa shape index (κ3) is 4.53. The van der Waals surface area contributed by atoms with Crippen molar-refractivity contribution >= 4 is 27.3 Å². The summed E-state index contributed by atoms with van der Waals surface area (Å²) < 4.78 is 27.8. The average molecular weight is 556 g/mol. The van der Waals surface area contributed by atoms with E-state index in [0.717, 1.165) is 37.3 Å². The first kappa shape index (κ1) is 25.8. The molecule has 4 aliphatic rings. The molecule has 3 fully saturated rings. The first-order chi connectivity index (χ1) is 19.5. The Bertz CT molecular complexity index is 1500. The monoisotopic (exact) mass is 555 g/mol. The molecule has 0 spiro atoms. The minimum Gasteiger partial charge on any atom is -0.378 e. The standard InChI is InChI=1S/C33H37N3O3S/c37-33(34-26-13-15-27(16-14-26)40(38,39)36-18-6-1-2-7-19-36)25-12-17-29-28(21-25)30-23-10-11-24(20-23)31(30)32(35-29)22-8-4-3-5-9-22/h3-5,8-9,12-17,21,23-24,30-32,35H,1-2,6-7,10-11,18-20H2,(H,34,37)/t23-,24-,30-,31+,32+/m0/s1. The number of rotatable bonds is 5. The molecule has 2 aliphatic heterocycles. The average Bonchev–Trinajstić information content (AvgIpc) is 3.50. The maximum atomic E-state index is 13.3. The molecule has 2 aliphatic carbocycles. The third-order valence-electron chi connectivity index (χ3n) is 9.82. The van der Waals surface area contributed by atoms with Gasteiger partial charge in [-0.15, -0.1) is 0 Å². The summed E-state index contributed by atoms with van der Waals surface area (Å²) in [6.07, 6.45) is 7.81. The maximum absolute atomic E-state index is 13.3. The molecule has 0 radical (unpaired) electrons. The lowest BCUT2D eigenvalue weighted by atomic mass is 9.68. The van der Waals surface area contributed by atoms with Crippen molar-refractivity contribution in [3.8, 4) is 0 Å². The molecule has 3 aromatic rings. The number of carbonyl (C=O) groups excluding carboxylic acids is 1. The highest BCUT2D eigenvalue weighted by molar-refractivity contribution is 7.89. The highest BCUT2D eigenvalue weighted by Crippen LogP contribution is 2.63. The van der Waals surface area contributed by atoms with Crippen LogP contribution in [-0.4, -0.2) is 31.7 Å². The van der Waals surface area contributed by atoms with Gasteiger partial charge in [-0.3, -0.25) is 4.79 Å². The number of benzene rings is 3. The fourth-order valence-corrected chi connectivity index (χ4v) is 9.48. The van der Waals surface area contributed by atoms with Crippen molar-refractivity contribution in [3.63, 3.8) is 0 Å². The lowest BCUT2D eigenvalue weighted by Gasteiger charge is -2.43. The molecule has 208 valence electrons. The molecule has 40 heavy (non-hydrogen) atoms. The van der Waals surface area contributed by atoms with E-state index in [1.165, 1.54) is 30.4 Å². The van der Waals surface area contributed by atoms with Gasteiger partial charge >= 0.3 is 0 Å². The van der Waals surface area contributed by atoms with Crippen molar-refractivity contribution in [2.75, 3.05) is 23.7 Å². The third-order valence-corrected chi connectivity index (χ3v) is 11.7. The number of nitrogens with zero attached hydrogens (tertiary/aromatic N) is 1. The number of hydrogen-bond acceptors (Lipinski definition) is 4. The van der Waals surface area contributed by atoms with Gasteiger partial charge in [-0.05, 0) is 109 Å². The molecule has 7 heteroatoms. The predicted molar refractivity (Wildman–Crippen MR) is 158 cm³/mol. The number of sulfonamides is 1. The largest absolute Gasteiger partial charge is 0.378 e. The molecule has 2 N–H and O–H groups in total. The topological polar surface area (TPSA) is 78.5 Å². The van der Waals surface area contributed by atoms with Crippen LogP contribution in [0.2, 0.25) is 0 Å². The van der Waals surface area contributed by atoms with Gasteiger partial charge in [-0.2, -0.15) is 4.31 Å². The van der Waals surface area contributed by atoms with Gasteiger partial charge in [0, 0.05) is 30.0 Å². The van der Waals surface area contributed by atoms with Crippen LogP contribution in [-0.2, 0) is 10.0 Å². The van der Waals surface area contributed by atoms with Crippen molar-refractivity contribution in [1.29, 1.82) is 0 Å². The molecule has 5 atom stereocenters. The van der Waals surface area contributed by atoms with Gasteiger partial charge in [0.15, 0.2) is 0 Å². The predicted octanol–water partition coefficient (Wildman–Crippen LogP) is 6.80. The molecule has 2 saturated carbocycles. The quantitative estimate of drug-likeness (QED) is 0.363. The number of anilines is 2. The molecule has 7 rings (SSSR count). The number of fused-ring (bicyclic) bond motifs is 7. The van der Waals surface area contributed by atoms with E-state index >= 15 is 0 Å². The van der Waals surface area contributed by atoms with Gasteiger partial charge in [-0.1, -0.05) is 43.2 Å². The van der Waals surface area contributed by atoms with E-state index < -0.39 is 10.0 Å². The Morgan fingerprint density at radius 1 is 0.850 bits per heavy atom. The second-order valence-corrected chi connectivity index (χ2v) is 14.0. The Kier molecular flexibility index (Phi) is 6.67. The Morgan fingerprint density at radius 3 is 2.33 bits per heavy atom. The van der Waals surface area contributed by atoms with Gasteiger partial charge < -0.3 is 10.6 Å². The van der Waals surface area contributed by atoms with E-state index in [1.54, 1.807) is 28.6 Å². The van der Waals surface area contributed by atoms with Gasteiger partial charge in [-0.25, -0.2) is 8.42 Å². The summed E-state index contributed by atoms with van der Waals surface area (Å²) in [5.74, 6) is 2.25. The Labute approximate surface area is 237 Å². The van der Waals surface area contributed by atoms with Crippen LogP contribution in [0.5, 0.6) is 0 Å². The molecule has 0 unspecified atom stereocenters. The van der Waals surface area contributed by atoms with E-state index in [2.05, 4.69) is 53.1 Å². The second-order valence-electron chi connectivity index (χ2n) is 12.1. The van der Waals surface area contributed by atoms with Gasteiger partial charge in [0.2, 0.25) is 10.0 Å². The van der Waals surface area contributed by atoms with Crippen LogP contribution in [0.15, 0.2) is 77.7 Å². The van der Waals surface area contributed by atoms with E-state index in [-0.39, 0.29) is 10.8 Å². The van der Waals surface area contributed by atoms with Gasteiger partial charge in [0.1, 0.15) is 0 Å². The van der Waals surface area contributed by atoms with Crippen LogP contribution in [0.1, 0.15) is 78.4 Å². The molecule has 2 bridgehead atoms. The molecular weight excluding hydrogens is 518 g/mol. The number of hydrogen-bond donors (Lipinski definition) is 2. The fraction of sp³-hybridized carbons (Fsp3) is 0.424. The summed E-state index contributed by atoms with van der Waals surface area (Å²) >= 11 is 0. The second kappa shape index (κ2) is 10.3. The first-order valence-corrected chi connectivity index (χ1v) is 16.3. The van der Waals surface area contributed by atoms with Crippen molar-refractivity contribution in [1.82, 2.24) is 4.31 Å². The minimum absolute atomic E-state index is 0.171. The summed E-state index contributed by atoms with van der Waals surface area (Å²) in [7, 11) is -3.52. The maximum Gasteiger partial charge on any atom is 0.255 e. The highest BCUT2D eigenvalue weighted by Gasteiger charge is 2.53. The summed E-state index contributed by atoms with van der Waals surface area (Å²) in [6.45, 7) is 1.15. The smallest absolute Gasteiger partial charge is 0.255 e. The van der Waals surface area contributed by atoms with E-state index in [4.69, 9.17) is 0 Å². The molecular formula is C33H37N3O3S. The molecule has 0 aromatic heterocycles.